The Morgan fingerprint density at radius 3 is 2.46 bits per heavy atom. The van der Waals surface area contributed by atoms with Gasteiger partial charge in [0.15, 0.2) is 5.60 Å². The third-order valence-corrected chi connectivity index (χ3v) is 7.36. The molecule has 200 valence electrons. The van der Waals surface area contributed by atoms with E-state index in [1.54, 1.807) is 23.9 Å². The maximum atomic E-state index is 12.9. The van der Waals surface area contributed by atoms with Gasteiger partial charge in [0, 0.05) is 18.8 Å². The fourth-order valence-electron chi connectivity index (χ4n) is 3.86. The number of aryl methyl sites for hydroxylation is 1. The van der Waals surface area contributed by atoms with Crippen molar-refractivity contribution in [2.24, 2.45) is 5.92 Å². The third-order valence-electron chi connectivity index (χ3n) is 6.31. The lowest BCUT2D eigenvalue weighted by molar-refractivity contribution is -0.152. The Morgan fingerprint density at radius 2 is 1.86 bits per heavy atom. The van der Waals surface area contributed by atoms with Crippen molar-refractivity contribution in [3.8, 4) is 11.5 Å². The van der Waals surface area contributed by atoms with Crippen LogP contribution in [0.1, 0.15) is 43.4 Å². The van der Waals surface area contributed by atoms with Crippen LogP contribution in [0.5, 0.6) is 11.5 Å². The van der Waals surface area contributed by atoms with Gasteiger partial charge in [0.2, 0.25) is 0 Å². The lowest BCUT2D eigenvalue weighted by Crippen LogP contribution is -2.43. The van der Waals surface area contributed by atoms with Crippen LogP contribution >= 0.6 is 11.8 Å². The van der Waals surface area contributed by atoms with E-state index in [0.717, 1.165) is 35.5 Å². The van der Waals surface area contributed by atoms with Gasteiger partial charge in [0.05, 0.1) is 5.56 Å². The van der Waals surface area contributed by atoms with Crippen LogP contribution in [0, 0.1) is 12.8 Å². The Bertz CT molecular complexity index is 1150. The van der Waals surface area contributed by atoms with Crippen molar-refractivity contribution in [2.75, 3.05) is 19.7 Å². The second-order valence-electron chi connectivity index (χ2n) is 9.87. The van der Waals surface area contributed by atoms with Gasteiger partial charge in [-0.15, -0.1) is 0 Å². The fraction of sp³-hybridized carbons (Fsp3) is 0.444. The Balaban J connectivity index is 1.33. The van der Waals surface area contributed by atoms with Crippen LogP contribution in [0.15, 0.2) is 47.9 Å². The van der Waals surface area contributed by atoms with Gasteiger partial charge < -0.3 is 19.9 Å². The van der Waals surface area contributed by atoms with Crippen LogP contribution < -0.4 is 14.8 Å². The van der Waals surface area contributed by atoms with E-state index in [-0.39, 0.29) is 5.50 Å². The molecule has 10 heteroatoms. The molecule has 0 spiro atoms. The zero-order valence-electron chi connectivity index (χ0n) is 21.0. The zero-order valence-corrected chi connectivity index (χ0v) is 21.8. The zero-order chi connectivity index (χ0) is 26.8. The highest BCUT2D eigenvalue weighted by Gasteiger charge is 2.33. The van der Waals surface area contributed by atoms with Crippen molar-refractivity contribution >= 4 is 23.4 Å². The first-order valence-corrected chi connectivity index (χ1v) is 13.1. The highest BCUT2D eigenvalue weighted by Crippen LogP contribution is 2.36. The molecule has 2 aromatic carbocycles. The molecule has 0 radical (unpaired) electrons. The minimum absolute atomic E-state index is 0.0303. The second kappa shape index (κ2) is 10.9. The number of halogens is 3. The van der Waals surface area contributed by atoms with Gasteiger partial charge in [-0.2, -0.15) is 13.2 Å². The summed E-state index contributed by atoms with van der Waals surface area (Å²) in [6, 6.07) is 10.5. The summed E-state index contributed by atoms with van der Waals surface area (Å²) in [7, 11) is 0. The molecule has 4 rings (SSSR count). The van der Waals surface area contributed by atoms with Gasteiger partial charge >= 0.3 is 12.1 Å². The lowest BCUT2D eigenvalue weighted by atomic mass is 10.1. The molecule has 1 heterocycles. The number of carboxylic acid groups (broad SMARTS) is 1. The molecule has 1 aliphatic heterocycles. The predicted molar refractivity (Wildman–Crippen MR) is 137 cm³/mol. The van der Waals surface area contributed by atoms with E-state index >= 15 is 0 Å². The van der Waals surface area contributed by atoms with E-state index < -0.39 is 23.3 Å². The Kier molecular flexibility index (Phi) is 7.99. The minimum Gasteiger partial charge on any atom is -0.492 e. The highest BCUT2D eigenvalue weighted by atomic mass is 32.2. The molecular formula is C27H31F3N2O4S. The molecule has 6 nitrogen and oxygen atoms in total. The smallest absolute Gasteiger partial charge is 0.416 e. The first-order valence-electron chi connectivity index (χ1n) is 12.1. The molecule has 2 aliphatic rings. The Labute approximate surface area is 218 Å². The van der Waals surface area contributed by atoms with Crippen molar-refractivity contribution in [3.63, 3.8) is 0 Å². The number of rotatable bonds is 11. The Morgan fingerprint density at radius 1 is 1.16 bits per heavy atom. The van der Waals surface area contributed by atoms with Crippen LogP contribution in [0.2, 0.25) is 0 Å². The largest absolute Gasteiger partial charge is 0.492 e. The summed E-state index contributed by atoms with van der Waals surface area (Å²) < 4.78 is 50.3. The minimum atomic E-state index is -4.35. The van der Waals surface area contributed by atoms with E-state index in [1.165, 1.54) is 38.8 Å². The molecule has 0 bridgehead atoms. The molecule has 1 aliphatic carbocycles. The average molecular weight is 537 g/mol. The SMILES string of the molecule is Cc1cc(OCCN(CC2CC2)C2NC(c3ccc(C(F)(F)F)cc3)=CS2)ccc1OC(C)(C)C(=O)O. The molecule has 2 N–H and O–H groups in total. The summed E-state index contributed by atoms with van der Waals surface area (Å²) in [6.45, 7) is 6.87. The molecule has 37 heavy (non-hydrogen) atoms. The van der Waals surface area contributed by atoms with Gasteiger partial charge in [-0.25, -0.2) is 4.79 Å². The van der Waals surface area contributed by atoms with Gasteiger partial charge in [0.1, 0.15) is 23.6 Å². The first-order chi connectivity index (χ1) is 17.4. The lowest BCUT2D eigenvalue weighted by Gasteiger charge is -2.29. The molecular weight excluding hydrogens is 505 g/mol. The van der Waals surface area contributed by atoms with Crippen molar-refractivity contribution in [1.29, 1.82) is 0 Å². The van der Waals surface area contributed by atoms with Gasteiger partial charge in [0.25, 0.3) is 0 Å². The number of carbonyl (C=O) groups is 1. The van der Waals surface area contributed by atoms with Gasteiger partial charge in [-0.3, -0.25) is 4.90 Å². The topological polar surface area (TPSA) is 71.0 Å². The number of nitrogens with zero attached hydrogens (tertiary/aromatic N) is 1. The number of nitrogens with one attached hydrogen (secondary N) is 1. The second-order valence-corrected chi connectivity index (χ2v) is 10.8. The van der Waals surface area contributed by atoms with Gasteiger partial charge in [-0.05, 0) is 86.4 Å². The van der Waals surface area contributed by atoms with Crippen molar-refractivity contribution in [2.45, 2.75) is 50.9 Å². The number of alkyl halides is 3. The predicted octanol–water partition coefficient (Wildman–Crippen LogP) is 5.97. The third kappa shape index (κ3) is 7.13. The quantitative estimate of drug-likeness (QED) is 0.367. The number of hydrogen-bond donors (Lipinski definition) is 2. The summed E-state index contributed by atoms with van der Waals surface area (Å²) in [5, 5.41) is 14.7. The van der Waals surface area contributed by atoms with Crippen molar-refractivity contribution in [3.05, 3.63) is 64.6 Å². The molecule has 1 saturated carbocycles. The molecule has 2 aromatic rings. The highest BCUT2D eigenvalue weighted by molar-refractivity contribution is 8.03. The van der Waals surface area contributed by atoms with Gasteiger partial charge in [-0.1, -0.05) is 23.9 Å². The summed E-state index contributed by atoms with van der Waals surface area (Å²) >= 11 is 1.60. The number of hydrogen-bond acceptors (Lipinski definition) is 6. The van der Waals surface area contributed by atoms with Crippen LogP contribution in [0.3, 0.4) is 0 Å². The fourth-order valence-corrected chi connectivity index (χ4v) is 4.89. The monoisotopic (exact) mass is 536 g/mol. The summed E-state index contributed by atoms with van der Waals surface area (Å²) in [5.74, 6) is 0.759. The maximum absolute atomic E-state index is 12.9. The van der Waals surface area contributed by atoms with Crippen LogP contribution in [-0.2, 0) is 11.0 Å². The number of carboxylic acids is 1. The van der Waals surface area contributed by atoms with E-state index in [1.807, 2.05) is 18.4 Å². The van der Waals surface area contributed by atoms with Crippen LogP contribution in [0.25, 0.3) is 5.70 Å². The summed E-state index contributed by atoms with van der Waals surface area (Å²) in [4.78, 5) is 13.6. The molecule has 0 saturated heterocycles. The summed E-state index contributed by atoms with van der Waals surface area (Å²) in [6.07, 6.45) is -1.96. The van der Waals surface area contributed by atoms with E-state index in [2.05, 4.69) is 10.2 Å². The van der Waals surface area contributed by atoms with Crippen molar-refractivity contribution < 1.29 is 32.5 Å². The standard InChI is InChI=1S/C27H31F3N2O4S/c1-17-14-21(10-11-23(17)36-26(2,3)24(33)34)35-13-12-32(15-18-4-5-18)25-31-22(16-37-25)19-6-8-20(9-7-19)27(28,29)30/h6-11,14,16,18,25,31H,4-5,12-13,15H2,1-3H3,(H,33,34). The van der Waals surface area contributed by atoms with E-state index in [4.69, 9.17) is 9.47 Å². The van der Waals surface area contributed by atoms with Crippen LogP contribution in [0.4, 0.5) is 13.2 Å². The maximum Gasteiger partial charge on any atom is 0.416 e. The van der Waals surface area contributed by atoms with E-state index in [0.29, 0.717) is 30.6 Å². The summed E-state index contributed by atoms with van der Waals surface area (Å²) in [5.41, 5.74) is 0.273. The van der Waals surface area contributed by atoms with Crippen molar-refractivity contribution in [1.82, 2.24) is 10.2 Å². The normalized spacial score (nSPS) is 17.9. The number of thioether (sulfide) groups is 1. The number of aliphatic carboxylic acids is 1. The Hall–Kier alpha value is -2.85. The molecule has 0 amide bonds. The van der Waals surface area contributed by atoms with E-state index in [9.17, 15) is 23.1 Å². The number of ether oxygens (including phenoxy) is 2. The molecule has 0 aromatic heterocycles. The molecule has 1 unspecified atom stereocenters. The van der Waals surface area contributed by atoms with Crippen LogP contribution in [-0.4, -0.2) is 46.8 Å². The molecule has 1 atom stereocenters. The average Bonchev–Trinajstić information content (AvgIpc) is 3.51. The molecule has 1 fully saturated rings. The number of benzene rings is 2. The first kappa shape index (κ1) is 27.2.